The molecule has 5 heteroatoms. The lowest BCUT2D eigenvalue weighted by Crippen LogP contribution is -2.43. The standard InChI is InChI=1S/C7H13NO4/c1-4(2)6(7(11)12)8-3-5(9)10/h4,6,8H,3H2,1-2H3,(H,9,10)(H,11,12)/t6-/m0/s1. The molecular formula is C7H13NO4. The van der Waals surface area contributed by atoms with E-state index in [1.54, 1.807) is 13.8 Å². The Bertz CT molecular complexity index is 178. The molecule has 0 fully saturated rings. The molecule has 0 aliphatic rings. The Morgan fingerprint density at radius 2 is 1.83 bits per heavy atom. The minimum atomic E-state index is -1.05. The average molecular weight is 175 g/mol. The normalized spacial score (nSPS) is 12.9. The van der Waals surface area contributed by atoms with E-state index in [2.05, 4.69) is 5.32 Å². The average Bonchev–Trinajstić information content (AvgIpc) is 1.84. The van der Waals surface area contributed by atoms with E-state index in [4.69, 9.17) is 10.2 Å². The Balaban J connectivity index is 3.97. The summed E-state index contributed by atoms with van der Waals surface area (Å²) >= 11 is 0. The third-order valence-corrected chi connectivity index (χ3v) is 1.41. The molecule has 0 radical (unpaired) electrons. The van der Waals surface area contributed by atoms with Gasteiger partial charge in [0.15, 0.2) is 0 Å². The van der Waals surface area contributed by atoms with Gasteiger partial charge in [-0.1, -0.05) is 13.8 Å². The number of nitrogens with one attached hydrogen (secondary N) is 1. The molecule has 0 heterocycles. The van der Waals surface area contributed by atoms with Gasteiger partial charge >= 0.3 is 11.9 Å². The van der Waals surface area contributed by atoms with Gasteiger partial charge in [0.25, 0.3) is 0 Å². The number of hydrogen-bond acceptors (Lipinski definition) is 3. The van der Waals surface area contributed by atoms with Gasteiger partial charge in [-0.3, -0.25) is 14.9 Å². The maximum absolute atomic E-state index is 10.5. The van der Waals surface area contributed by atoms with Crippen LogP contribution in [0.5, 0.6) is 0 Å². The molecule has 0 unspecified atom stereocenters. The molecular weight excluding hydrogens is 162 g/mol. The van der Waals surface area contributed by atoms with E-state index < -0.39 is 18.0 Å². The third kappa shape index (κ3) is 3.92. The molecule has 0 aromatic rings. The van der Waals surface area contributed by atoms with Crippen LogP contribution in [-0.4, -0.2) is 34.7 Å². The van der Waals surface area contributed by atoms with E-state index >= 15 is 0 Å². The zero-order valence-electron chi connectivity index (χ0n) is 7.07. The molecule has 5 nitrogen and oxygen atoms in total. The molecule has 0 rings (SSSR count). The molecule has 0 aliphatic carbocycles. The molecule has 0 aromatic heterocycles. The van der Waals surface area contributed by atoms with Gasteiger partial charge in [0.2, 0.25) is 0 Å². The summed E-state index contributed by atoms with van der Waals surface area (Å²) in [5.74, 6) is -2.20. The van der Waals surface area contributed by atoms with E-state index in [0.717, 1.165) is 0 Å². The maximum Gasteiger partial charge on any atom is 0.320 e. The van der Waals surface area contributed by atoms with Crippen LogP contribution in [0, 0.1) is 5.92 Å². The first-order chi connectivity index (χ1) is 5.45. The summed E-state index contributed by atoms with van der Waals surface area (Å²) < 4.78 is 0. The highest BCUT2D eigenvalue weighted by atomic mass is 16.4. The van der Waals surface area contributed by atoms with Crippen molar-refractivity contribution in [1.29, 1.82) is 0 Å². The smallest absolute Gasteiger partial charge is 0.320 e. The van der Waals surface area contributed by atoms with Crippen LogP contribution >= 0.6 is 0 Å². The predicted molar refractivity (Wildman–Crippen MR) is 41.9 cm³/mol. The highest BCUT2D eigenvalue weighted by molar-refractivity contribution is 5.75. The van der Waals surface area contributed by atoms with E-state index in [1.807, 2.05) is 0 Å². The van der Waals surface area contributed by atoms with Gasteiger partial charge < -0.3 is 10.2 Å². The second kappa shape index (κ2) is 4.71. The van der Waals surface area contributed by atoms with Crippen molar-refractivity contribution >= 4 is 11.9 Å². The van der Waals surface area contributed by atoms with Crippen LogP contribution in [-0.2, 0) is 9.59 Å². The summed E-state index contributed by atoms with van der Waals surface area (Å²) in [7, 11) is 0. The van der Waals surface area contributed by atoms with Crippen molar-refractivity contribution in [2.24, 2.45) is 5.92 Å². The van der Waals surface area contributed by atoms with Crippen molar-refractivity contribution in [3.05, 3.63) is 0 Å². The highest BCUT2D eigenvalue weighted by Crippen LogP contribution is 2.00. The van der Waals surface area contributed by atoms with Crippen molar-refractivity contribution in [3.8, 4) is 0 Å². The van der Waals surface area contributed by atoms with Gasteiger partial charge in [-0.05, 0) is 5.92 Å². The number of rotatable bonds is 5. The summed E-state index contributed by atoms with van der Waals surface area (Å²) in [4.78, 5) is 20.6. The van der Waals surface area contributed by atoms with Crippen LogP contribution in [0.25, 0.3) is 0 Å². The summed E-state index contributed by atoms with van der Waals surface area (Å²) in [6.45, 7) is 3.11. The molecule has 0 aromatic carbocycles. The van der Waals surface area contributed by atoms with Crippen molar-refractivity contribution in [3.63, 3.8) is 0 Å². The van der Waals surface area contributed by atoms with Crippen LogP contribution in [0.3, 0.4) is 0 Å². The lowest BCUT2D eigenvalue weighted by atomic mass is 10.1. The quantitative estimate of drug-likeness (QED) is 0.537. The van der Waals surface area contributed by atoms with Crippen LogP contribution in [0.15, 0.2) is 0 Å². The minimum absolute atomic E-state index is 0.123. The van der Waals surface area contributed by atoms with Crippen molar-refractivity contribution in [2.45, 2.75) is 19.9 Å². The Kier molecular flexibility index (Phi) is 4.28. The fourth-order valence-corrected chi connectivity index (χ4v) is 0.805. The summed E-state index contributed by atoms with van der Waals surface area (Å²) in [6, 6.07) is -0.791. The van der Waals surface area contributed by atoms with Gasteiger partial charge in [0.1, 0.15) is 6.04 Å². The fraction of sp³-hybridized carbons (Fsp3) is 0.714. The Morgan fingerprint density at radius 1 is 1.33 bits per heavy atom. The zero-order chi connectivity index (χ0) is 9.72. The largest absolute Gasteiger partial charge is 0.480 e. The first-order valence-electron chi connectivity index (χ1n) is 3.63. The van der Waals surface area contributed by atoms with Gasteiger partial charge in [0, 0.05) is 0 Å². The van der Waals surface area contributed by atoms with E-state index in [0.29, 0.717) is 0 Å². The topological polar surface area (TPSA) is 86.6 Å². The Labute approximate surface area is 70.4 Å². The first kappa shape index (κ1) is 10.9. The second-order valence-electron chi connectivity index (χ2n) is 2.83. The molecule has 0 saturated carbocycles. The molecule has 0 bridgehead atoms. The monoisotopic (exact) mass is 175 g/mol. The van der Waals surface area contributed by atoms with Gasteiger partial charge in [-0.2, -0.15) is 0 Å². The van der Waals surface area contributed by atoms with Crippen molar-refractivity contribution < 1.29 is 19.8 Å². The molecule has 0 spiro atoms. The van der Waals surface area contributed by atoms with Gasteiger partial charge in [0.05, 0.1) is 6.54 Å². The van der Waals surface area contributed by atoms with Crippen LogP contribution in [0.4, 0.5) is 0 Å². The van der Waals surface area contributed by atoms with Crippen LogP contribution < -0.4 is 5.32 Å². The molecule has 1 atom stereocenters. The number of carboxylic acids is 2. The lowest BCUT2D eigenvalue weighted by molar-refractivity contribution is -0.141. The third-order valence-electron chi connectivity index (χ3n) is 1.41. The number of hydrogen-bond donors (Lipinski definition) is 3. The zero-order valence-corrected chi connectivity index (χ0v) is 7.07. The molecule has 0 saturated heterocycles. The Morgan fingerprint density at radius 3 is 2.08 bits per heavy atom. The van der Waals surface area contributed by atoms with Crippen molar-refractivity contribution in [1.82, 2.24) is 5.32 Å². The minimum Gasteiger partial charge on any atom is -0.480 e. The fourth-order valence-electron chi connectivity index (χ4n) is 0.805. The highest BCUT2D eigenvalue weighted by Gasteiger charge is 2.20. The molecule has 70 valence electrons. The van der Waals surface area contributed by atoms with Crippen LogP contribution in [0.2, 0.25) is 0 Å². The number of carboxylic acid groups (broad SMARTS) is 2. The maximum atomic E-state index is 10.5. The number of carbonyl (C=O) groups is 2. The molecule has 0 amide bonds. The first-order valence-corrected chi connectivity index (χ1v) is 3.63. The van der Waals surface area contributed by atoms with Gasteiger partial charge in [-0.15, -0.1) is 0 Å². The van der Waals surface area contributed by atoms with E-state index in [1.165, 1.54) is 0 Å². The summed E-state index contributed by atoms with van der Waals surface area (Å²) in [5, 5.41) is 19.3. The van der Waals surface area contributed by atoms with Crippen molar-refractivity contribution in [2.75, 3.05) is 6.54 Å². The Hall–Kier alpha value is -1.10. The molecule has 3 N–H and O–H groups in total. The van der Waals surface area contributed by atoms with E-state index in [9.17, 15) is 9.59 Å². The second-order valence-corrected chi connectivity index (χ2v) is 2.83. The molecule has 12 heavy (non-hydrogen) atoms. The number of aliphatic carboxylic acids is 2. The van der Waals surface area contributed by atoms with Crippen LogP contribution in [0.1, 0.15) is 13.8 Å². The van der Waals surface area contributed by atoms with E-state index in [-0.39, 0.29) is 12.5 Å². The lowest BCUT2D eigenvalue weighted by Gasteiger charge is -2.16. The SMILES string of the molecule is CC(C)[C@H](NCC(=O)O)C(=O)O. The molecule has 0 aliphatic heterocycles. The predicted octanol–water partition coefficient (Wildman–Crippen LogP) is -0.230. The summed E-state index contributed by atoms with van der Waals surface area (Å²) in [5.41, 5.74) is 0. The summed E-state index contributed by atoms with van der Waals surface area (Å²) in [6.07, 6.45) is 0. The van der Waals surface area contributed by atoms with Gasteiger partial charge in [-0.25, -0.2) is 0 Å².